The van der Waals surface area contributed by atoms with Crippen molar-refractivity contribution in [3.63, 3.8) is 0 Å². The van der Waals surface area contributed by atoms with Crippen molar-refractivity contribution < 1.29 is 4.74 Å². The minimum absolute atomic E-state index is 0.238. The number of nitrogens with two attached hydrogens (primary N) is 2. The number of hydrogen-bond donors (Lipinski definition) is 2. The minimum Gasteiger partial charge on any atom is -0.495 e. The third-order valence-electron chi connectivity index (χ3n) is 6.16. The molecule has 0 unspecified atom stereocenters. The topological polar surface area (TPSA) is 120 Å². The first-order valence-electron chi connectivity index (χ1n) is 10.6. The quantitative estimate of drug-likeness (QED) is 0.627. The van der Waals surface area contributed by atoms with E-state index < -0.39 is 5.66 Å². The van der Waals surface area contributed by atoms with Gasteiger partial charge in [0, 0.05) is 0 Å². The Bertz CT molecular complexity index is 1260. The number of benzene rings is 2. The molecule has 1 aliphatic heterocycles. The predicted molar refractivity (Wildman–Crippen MR) is 127 cm³/mol. The number of fused-ring (bicyclic) bond motifs is 1. The highest BCUT2D eigenvalue weighted by Crippen LogP contribution is 2.41. The van der Waals surface area contributed by atoms with E-state index in [2.05, 4.69) is 15.2 Å². The first-order valence-corrected chi connectivity index (χ1v) is 11.0. The highest BCUT2D eigenvalue weighted by Gasteiger charge is 2.43. The van der Waals surface area contributed by atoms with Crippen LogP contribution in [0.1, 0.15) is 37.7 Å². The van der Waals surface area contributed by atoms with Crippen molar-refractivity contribution in [1.29, 1.82) is 0 Å². The number of aliphatic imine (C=N–C) groups is 2. The lowest BCUT2D eigenvalue weighted by Gasteiger charge is -2.46. The third kappa shape index (κ3) is 3.33. The molecule has 1 fully saturated rings. The maximum Gasteiger partial charge on any atom is 0.220 e. The summed E-state index contributed by atoms with van der Waals surface area (Å²) in [6, 6.07) is 9.43. The number of hydrogen-bond acceptors (Lipinski definition) is 8. The molecule has 10 heteroatoms. The van der Waals surface area contributed by atoms with Gasteiger partial charge in [-0.3, -0.25) is 4.90 Å². The molecule has 0 amide bonds. The molecule has 1 spiro atoms. The molecule has 2 aliphatic rings. The molecule has 2 aromatic carbocycles. The van der Waals surface area contributed by atoms with Crippen LogP contribution in [0.2, 0.25) is 5.02 Å². The number of nitrogens with zero attached hydrogens (tertiary/aromatic N) is 6. The van der Waals surface area contributed by atoms with Gasteiger partial charge in [0.1, 0.15) is 22.4 Å². The number of ether oxygens (including phenoxy) is 1. The molecule has 0 saturated heterocycles. The summed E-state index contributed by atoms with van der Waals surface area (Å²) in [5.41, 5.74) is 16.1. The first kappa shape index (κ1) is 20.6. The number of guanidine groups is 2. The molecule has 166 valence electrons. The predicted octanol–water partition coefficient (Wildman–Crippen LogP) is 3.50. The Hall–Kier alpha value is -3.33. The summed E-state index contributed by atoms with van der Waals surface area (Å²) in [5, 5.41) is 9.82. The van der Waals surface area contributed by atoms with Crippen LogP contribution in [0.25, 0.3) is 16.7 Å². The van der Waals surface area contributed by atoms with Crippen molar-refractivity contribution in [3.8, 4) is 11.4 Å². The van der Waals surface area contributed by atoms with Gasteiger partial charge in [0.2, 0.25) is 11.9 Å². The number of aryl methyl sites for hydroxylation is 1. The van der Waals surface area contributed by atoms with Crippen molar-refractivity contribution >= 4 is 40.2 Å². The van der Waals surface area contributed by atoms with E-state index in [9.17, 15) is 0 Å². The van der Waals surface area contributed by atoms with Crippen molar-refractivity contribution in [2.45, 2.75) is 44.7 Å². The maximum atomic E-state index is 6.41. The molecule has 0 radical (unpaired) electrons. The molecule has 0 bridgehead atoms. The summed E-state index contributed by atoms with van der Waals surface area (Å²) in [4.78, 5) is 12.6. The van der Waals surface area contributed by atoms with E-state index in [-0.39, 0.29) is 5.96 Å². The van der Waals surface area contributed by atoms with Crippen LogP contribution in [0, 0.1) is 6.92 Å². The Labute approximate surface area is 190 Å². The Morgan fingerprint density at radius 2 is 1.75 bits per heavy atom. The Balaban J connectivity index is 1.60. The van der Waals surface area contributed by atoms with Gasteiger partial charge in [-0.05, 0) is 68.5 Å². The molecule has 9 nitrogen and oxygen atoms in total. The van der Waals surface area contributed by atoms with Crippen LogP contribution in [-0.4, -0.2) is 39.7 Å². The maximum absolute atomic E-state index is 6.41. The Morgan fingerprint density at radius 1 is 1.03 bits per heavy atom. The lowest BCUT2D eigenvalue weighted by molar-refractivity contribution is 0.305. The molecule has 2 heterocycles. The fourth-order valence-electron chi connectivity index (χ4n) is 4.66. The van der Waals surface area contributed by atoms with Crippen molar-refractivity contribution in [1.82, 2.24) is 15.0 Å². The van der Waals surface area contributed by atoms with Gasteiger partial charge in [-0.1, -0.05) is 18.0 Å². The smallest absolute Gasteiger partial charge is 0.220 e. The standard InChI is InChI=1S/C22H25ClN8O/c1-13-10-16-17(29-31(28-16)14-6-7-19(32-2)15(23)11-14)12-18(13)30-21(25)26-20(24)27-22(30)8-4-3-5-9-22/h6-7,10-12H,3-5,8-9H2,1-2H3,(H4,24,25,26,27). The molecule has 32 heavy (non-hydrogen) atoms. The van der Waals surface area contributed by atoms with Crippen LogP contribution in [0.5, 0.6) is 5.75 Å². The Morgan fingerprint density at radius 3 is 2.44 bits per heavy atom. The van der Waals surface area contributed by atoms with Crippen molar-refractivity contribution in [2.24, 2.45) is 21.5 Å². The van der Waals surface area contributed by atoms with E-state index in [1.54, 1.807) is 24.0 Å². The van der Waals surface area contributed by atoms with Gasteiger partial charge in [0.25, 0.3) is 0 Å². The first-order chi connectivity index (χ1) is 15.4. The van der Waals surface area contributed by atoms with Crippen molar-refractivity contribution in [3.05, 3.63) is 40.9 Å². The summed E-state index contributed by atoms with van der Waals surface area (Å²) in [6.07, 6.45) is 5.06. The second-order valence-electron chi connectivity index (χ2n) is 8.25. The largest absolute Gasteiger partial charge is 0.495 e. The van der Waals surface area contributed by atoms with Crippen molar-refractivity contribution in [2.75, 3.05) is 12.0 Å². The van der Waals surface area contributed by atoms with Crippen LogP contribution in [0.3, 0.4) is 0 Å². The van der Waals surface area contributed by atoms with E-state index in [4.69, 9.17) is 32.8 Å². The fraction of sp³-hybridized carbons (Fsp3) is 0.364. The molecule has 1 aromatic heterocycles. The molecule has 3 aromatic rings. The minimum atomic E-state index is -0.508. The average Bonchev–Trinajstić information content (AvgIpc) is 3.16. The van der Waals surface area contributed by atoms with E-state index >= 15 is 0 Å². The van der Waals surface area contributed by atoms with Gasteiger partial charge in [-0.2, -0.15) is 9.79 Å². The summed E-state index contributed by atoms with van der Waals surface area (Å²) in [5.74, 6) is 1.20. The molecule has 5 rings (SSSR count). The van der Waals surface area contributed by atoms with Crippen LogP contribution in [0.4, 0.5) is 5.69 Å². The number of aromatic nitrogens is 3. The fourth-order valence-corrected chi connectivity index (χ4v) is 4.91. The zero-order chi connectivity index (χ0) is 22.5. The van der Waals surface area contributed by atoms with Gasteiger partial charge < -0.3 is 16.2 Å². The molecular weight excluding hydrogens is 428 g/mol. The average molecular weight is 453 g/mol. The van der Waals surface area contributed by atoms with E-state index in [0.717, 1.165) is 53.7 Å². The van der Waals surface area contributed by atoms with Crippen LogP contribution in [-0.2, 0) is 0 Å². The summed E-state index contributed by atoms with van der Waals surface area (Å²) in [6.45, 7) is 2.03. The molecule has 1 saturated carbocycles. The lowest BCUT2D eigenvalue weighted by Crippen LogP contribution is -2.58. The zero-order valence-corrected chi connectivity index (χ0v) is 18.8. The lowest BCUT2D eigenvalue weighted by atomic mass is 9.87. The van der Waals surface area contributed by atoms with E-state index in [0.29, 0.717) is 16.7 Å². The molecular formula is C22H25ClN8O. The van der Waals surface area contributed by atoms with E-state index in [1.165, 1.54) is 6.42 Å². The monoisotopic (exact) mass is 452 g/mol. The normalized spacial score (nSPS) is 18.0. The van der Waals surface area contributed by atoms with Crippen LogP contribution in [0.15, 0.2) is 40.3 Å². The second kappa shape index (κ2) is 7.67. The van der Waals surface area contributed by atoms with Crippen LogP contribution < -0.4 is 21.1 Å². The second-order valence-corrected chi connectivity index (χ2v) is 8.66. The van der Waals surface area contributed by atoms with Gasteiger partial charge in [-0.25, -0.2) is 4.99 Å². The number of rotatable bonds is 3. The van der Waals surface area contributed by atoms with Gasteiger partial charge in [0.15, 0.2) is 0 Å². The number of methoxy groups -OCH3 is 1. The van der Waals surface area contributed by atoms with E-state index in [1.807, 2.05) is 30.0 Å². The number of halogens is 1. The molecule has 4 N–H and O–H groups in total. The molecule has 0 atom stereocenters. The third-order valence-corrected chi connectivity index (χ3v) is 6.45. The SMILES string of the molecule is COc1ccc(-n2nc3cc(C)c(N4C(N)=NC(N)=NC45CCCCC5)cc3n2)cc1Cl. The van der Waals surface area contributed by atoms with Gasteiger partial charge in [-0.15, -0.1) is 10.2 Å². The highest BCUT2D eigenvalue weighted by molar-refractivity contribution is 6.32. The van der Waals surface area contributed by atoms with Gasteiger partial charge in [0.05, 0.1) is 23.5 Å². The highest BCUT2D eigenvalue weighted by atomic mass is 35.5. The summed E-state index contributed by atoms with van der Waals surface area (Å²) < 4.78 is 5.24. The summed E-state index contributed by atoms with van der Waals surface area (Å²) >= 11 is 6.29. The Kier molecular flexibility index (Phi) is 4.93. The number of anilines is 1. The molecule has 1 aliphatic carbocycles. The summed E-state index contributed by atoms with van der Waals surface area (Å²) in [7, 11) is 1.58. The van der Waals surface area contributed by atoms with Gasteiger partial charge >= 0.3 is 0 Å². The van der Waals surface area contributed by atoms with Crippen LogP contribution >= 0.6 is 11.6 Å². The zero-order valence-electron chi connectivity index (χ0n) is 18.0.